The Labute approximate surface area is 196 Å². The highest BCUT2D eigenvalue weighted by atomic mass is 35.5. The van der Waals surface area contributed by atoms with Gasteiger partial charge in [-0.15, -0.1) is 0 Å². The van der Waals surface area contributed by atoms with Gasteiger partial charge < -0.3 is 10.6 Å². The summed E-state index contributed by atoms with van der Waals surface area (Å²) in [5.74, 6) is -1.35. The summed E-state index contributed by atoms with van der Waals surface area (Å²) in [6.45, 7) is 0. The summed E-state index contributed by atoms with van der Waals surface area (Å²) < 4.78 is 0. The molecule has 8 heteroatoms. The van der Waals surface area contributed by atoms with E-state index in [0.717, 1.165) is 30.6 Å². The third-order valence-corrected chi connectivity index (χ3v) is 6.30. The molecule has 32 heavy (non-hydrogen) atoms. The van der Waals surface area contributed by atoms with E-state index in [-0.39, 0.29) is 22.7 Å². The SMILES string of the molecule is O=C(NC1CCCCCC1)c1cccc(NC2=C(Cl)C(=O)N(c3ccc(Cl)cc3)C2=O)c1. The molecule has 2 N–H and O–H groups in total. The largest absolute Gasteiger partial charge is 0.350 e. The van der Waals surface area contributed by atoms with Crippen LogP contribution in [0.1, 0.15) is 48.9 Å². The van der Waals surface area contributed by atoms with E-state index in [9.17, 15) is 14.4 Å². The number of nitrogens with zero attached hydrogens (tertiary/aromatic N) is 1. The lowest BCUT2D eigenvalue weighted by Crippen LogP contribution is -2.34. The van der Waals surface area contributed by atoms with E-state index >= 15 is 0 Å². The number of nitrogens with one attached hydrogen (secondary N) is 2. The minimum atomic E-state index is -0.622. The standard InChI is InChI=1S/C24H23Cl2N3O3/c25-16-10-12-19(13-11-16)29-23(31)20(26)21(24(29)32)27-18-9-5-6-15(14-18)22(30)28-17-7-3-1-2-4-8-17/h5-6,9-14,17,27H,1-4,7-8H2,(H,28,30). The minimum Gasteiger partial charge on any atom is -0.350 e. The molecule has 0 atom stereocenters. The van der Waals surface area contributed by atoms with Gasteiger partial charge in [0.1, 0.15) is 10.7 Å². The predicted molar refractivity (Wildman–Crippen MR) is 126 cm³/mol. The number of amides is 3. The number of halogens is 2. The maximum atomic E-state index is 12.9. The van der Waals surface area contributed by atoms with Gasteiger partial charge in [0.05, 0.1) is 5.69 Å². The summed E-state index contributed by atoms with van der Waals surface area (Å²) in [6.07, 6.45) is 6.65. The number of carbonyl (C=O) groups is 3. The second kappa shape index (κ2) is 9.76. The van der Waals surface area contributed by atoms with Crippen molar-refractivity contribution in [1.29, 1.82) is 0 Å². The third kappa shape index (κ3) is 4.81. The van der Waals surface area contributed by atoms with E-state index in [0.29, 0.717) is 22.0 Å². The summed E-state index contributed by atoms with van der Waals surface area (Å²) >= 11 is 12.1. The van der Waals surface area contributed by atoms with Crippen LogP contribution in [-0.2, 0) is 9.59 Å². The molecule has 166 valence electrons. The lowest BCUT2D eigenvalue weighted by atomic mass is 10.1. The van der Waals surface area contributed by atoms with Crippen LogP contribution in [0.15, 0.2) is 59.3 Å². The highest BCUT2D eigenvalue weighted by Crippen LogP contribution is 2.31. The van der Waals surface area contributed by atoms with Gasteiger partial charge >= 0.3 is 0 Å². The molecule has 2 aliphatic rings. The van der Waals surface area contributed by atoms with Crippen molar-refractivity contribution in [3.05, 3.63) is 69.8 Å². The second-order valence-electron chi connectivity index (χ2n) is 7.98. The first-order chi connectivity index (χ1) is 15.4. The van der Waals surface area contributed by atoms with Crippen LogP contribution in [-0.4, -0.2) is 23.8 Å². The van der Waals surface area contributed by atoms with Crippen molar-refractivity contribution in [2.75, 3.05) is 10.2 Å². The Bertz CT molecular complexity index is 1070. The number of imide groups is 1. The smallest absolute Gasteiger partial charge is 0.283 e. The van der Waals surface area contributed by atoms with Crippen molar-refractivity contribution in [1.82, 2.24) is 5.32 Å². The van der Waals surface area contributed by atoms with E-state index in [2.05, 4.69) is 10.6 Å². The van der Waals surface area contributed by atoms with E-state index in [1.165, 1.54) is 12.8 Å². The zero-order valence-electron chi connectivity index (χ0n) is 17.4. The Morgan fingerprint density at radius 1 is 0.906 bits per heavy atom. The molecular formula is C24H23Cl2N3O3. The molecular weight excluding hydrogens is 449 g/mol. The molecule has 1 aliphatic heterocycles. The first-order valence-electron chi connectivity index (χ1n) is 10.7. The fraction of sp³-hybridized carbons (Fsp3) is 0.292. The Hall–Kier alpha value is -2.83. The van der Waals surface area contributed by atoms with E-state index in [1.54, 1.807) is 48.5 Å². The predicted octanol–water partition coefficient (Wildman–Crippen LogP) is 5.23. The van der Waals surface area contributed by atoms with Crippen LogP contribution in [0.3, 0.4) is 0 Å². The van der Waals surface area contributed by atoms with Gasteiger partial charge in [-0.2, -0.15) is 0 Å². The van der Waals surface area contributed by atoms with Crippen LogP contribution in [0.25, 0.3) is 0 Å². The summed E-state index contributed by atoms with van der Waals surface area (Å²) in [4.78, 5) is 39.3. The molecule has 0 saturated heterocycles. The van der Waals surface area contributed by atoms with Gasteiger partial charge in [0.25, 0.3) is 17.7 Å². The monoisotopic (exact) mass is 471 g/mol. The molecule has 0 bridgehead atoms. The number of anilines is 2. The Balaban J connectivity index is 1.49. The molecule has 2 aromatic carbocycles. The van der Waals surface area contributed by atoms with Crippen LogP contribution in [0.5, 0.6) is 0 Å². The zero-order chi connectivity index (χ0) is 22.7. The molecule has 0 unspecified atom stereocenters. The third-order valence-electron chi connectivity index (χ3n) is 5.70. The molecule has 1 heterocycles. The summed E-state index contributed by atoms with van der Waals surface area (Å²) in [6, 6.07) is 13.3. The molecule has 1 saturated carbocycles. The molecule has 0 aromatic heterocycles. The van der Waals surface area contributed by atoms with Crippen molar-refractivity contribution in [3.8, 4) is 0 Å². The number of rotatable bonds is 5. The maximum Gasteiger partial charge on any atom is 0.283 e. The van der Waals surface area contributed by atoms with Gasteiger partial charge in [0, 0.05) is 22.3 Å². The fourth-order valence-corrected chi connectivity index (χ4v) is 4.35. The Kier molecular flexibility index (Phi) is 6.82. The Morgan fingerprint density at radius 3 is 2.28 bits per heavy atom. The van der Waals surface area contributed by atoms with Gasteiger partial charge in [-0.1, -0.05) is 55.0 Å². The highest BCUT2D eigenvalue weighted by Gasteiger charge is 2.39. The van der Waals surface area contributed by atoms with Gasteiger partial charge in [0.2, 0.25) is 0 Å². The van der Waals surface area contributed by atoms with Crippen LogP contribution in [0.4, 0.5) is 11.4 Å². The number of benzene rings is 2. The van der Waals surface area contributed by atoms with Crippen molar-refractivity contribution in [3.63, 3.8) is 0 Å². The van der Waals surface area contributed by atoms with Crippen molar-refractivity contribution in [2.24, 2.45) is 0 Å². The molecule has 0 radical (unpaired) electrons. The van der Waals surface area contributed by atoms with Gasteiger partial charge in [-0.25, -0.2) is 4.90 Å². The molecule has 3 amide bonds. The lowest BCUT2D eigenvalue weighted by Gasteiger charge is -2.17. The normalized spacial score (nSPS) is 17.5. The lowest BCUT2D eigenvalue weighted by molar-refractivity contribution is -0.120. The Morgan fingerprint density at radius 2 is 1.59 bits per heavy atom. The molecule has 2 aromatic rings. The van der Waals surface area contributed by atoms with E-state index in [1.807, 2.05) is 0 Å². The number of hydrogen-bond acceptors (Lipinski definition) is 4. The summed E-state index contributed by atoms with van der Waals surface area (Å²) in [5.41, 5.74) is 1.30. The molecule has 0 spiro atoms. The molecule has 4 rings (SSSR count). The van der Waals surface area contributed by atoms with Gasteiger partial charge in [-0.3, -0.25) is 14.4 Å². The average molecular weight is 472 g/mol. The maximum absolute atomic E-state index is 12.9. The average Bonchev–Trinajstić information content (AvgIpc) is 2.97. The van der Waals surface area contributed by atoms with Crippen molar-refractivity contribution < 1.29 is 14.4 Å². The van der Waals surface area contributed by atoms with Gasteiger partial charge in [0.15, 0.2) is 0 Å². The van der Waals surface area contributed by atoms with E-state index < -0.39 is 11.8 Å². The summed E-state index contributed by atoms with van der Waals surface area (Å²) in [5, 5.41) is 6.31. The first-order valence-corrected chi connectivity index (χ1v) is 11.4. The van der Waals surface area contributed by atoms with Crippen LogP contribution >= 0.6 is 23.2 Å². The topological polar surface area (TPSA) is 78.5 Å². The van der Waals surface area contributed by atoms with Crippen molar-refractivity contribution >= 4 is 52.3 Å². The van der Waals surface area contributed by atoms with Crippen LogP contribution in [0.2, 0.25) is 5.02 Å². The van der Waals surface area contributed by atoms with Crippen molar-refractivity contribution in [2.45, 2.75) is 44.6 Å². The number of carbonyl (C=O) groups excluding carboxylic acids is 3. The highest BCUT2D eigenvalue weighted by molar-refractivity contribution is 6.53. The molecule has 6 nitrogen and oxygen atoms in total. The zero-order valence-corrected chi connectivity index (χ0v) is 18.9. The van der Waals surface area contributed by atoms with E-state index in [4.69, 9.17) is 23.2 Å². The molecule has 1 aliphatic carbocycles. The second-order valence-corrected chi connectivity index (χ2v) is 8.79. The van der Waals surface area contributed by atoms with Crippen LogP contribution in [0, 0.1) is 0 Å². The first kappa shape index (κ1) is 22.4. The number of hydrogen-bond donors (Lipinski definition) is 2. The minimum absolute atomic E-state index is 0.0343. The van der Waals surface area contributed by atoms with Crippen LogP contribution < -0.4 is 15.5 Å². The van der Waals surface area contributed by atoms with Gasteiger partial charge in [-0.05, 0) is 55.3 Å². The fourth-order valence-electron chi connectivity index (χ4n) is 4.01. The quantitative estimate of drug-likeness (QED) is 0.462. The summed E-state index contributed by atoms with van der Waals surface area (Å²) in [7, 11) is 0. The molecule has 1 fully saturated rings.